The van der Waals surface area contributed by atoms with Crippen molar-refractivity contribution in [2.75, 3.05) is 32.8 Å². The monoisotopic (exact) mass is 463 g/mol. The van der Waals surface area contributed by atoms with E-state index >= 15 is 0 Å². The maximum atomic E-state index is 5.97. The van der Waals surface area contributed by atoms with E-state index in [9.17, 15) is 0 Å². The average Bonchev–Trinajstić information content (AvgIpc) is 2.84. The molecule has 0 bridgehead atoms. The quantitative estimate of drug-likeness (QED) is 0.336. The van der Waals surface area contributed by atoms with Crippen molar-refractivity contribution in [3.63, 3.8) is 0 Å². The van der Waals surface area contributed by atoms with Gasteiger partial charge in [-0.25, -0.2) is 9.97 Å². The molecule has 176 valence electrons. The molecule has 11 nitrogen and oxygen atoms in total. The predicted molar refractivity (Wildman–Crippen MR) is 127 cm³/mol. The van der Waals surface area contributed by atoms with Crippen LogP contribution in [0, 0.1) is 0 Å². The van der Waals surface area contributed by atoms with Gasteiger partial charge in [0.25, 0.3) is 0 Å². The number of nitrogens with zero attached hydrogens (tertiary/aromatic N) is 4. The van der Waals surface area contributed by atoms with E-state index in [0.717, 1.165) is 11.3 Å². The maximum Gasteiger partial charge on any atom is 0.224 e. The number of nitrogen functional groups attached to an aromatic ring is 2. The van der Waals surface area contributed by atoms with E-state index in [4.69, 9.17) is 30.4 Å². The van der Waals surface area contributed by atoms with Crippen LogP contribution in [0.4, 0.5) is 11.8 Å². The minimum atomic E-state index is 0.0721. The normalized spacial score (nSPS) is 10.8. The smallest absolute Gasteiger partial charge is 0.224 e. The molecule has 0 aliphatic carbocycles. The van der Waals surface area contributed by atoms with Gasteiger partial charge in [0, 0.05) is 25.2 Å². The fourth-order valence-corrected chi connectivity index (χ4v) is 3.33. The molecule has 0 atom stereocenters. The third kappa shape index (κ3) is 4.99. The van der Waals surface area contributed by atoms with Crippen LogP contribution >= 0.6 is 0 Å². The molecule has 0 aliphatic rings. The Kier molecular flexibility index (Phi) is 6.74. The zero-order chi connectivity index (χ0) is 24.1. The highest BCUT2D eigenvalue weighted by Gasteiger charge is 2.14. The summed E-state index contributed by atoms with van der Waals surface area (Å²) in [6.07, 6.45) is 1.63. The third-order valence-corrected chi connectivity index (χ3v) is 4.93. The van der Waals surface area contributed by atoms with Gasteiger partial charge in [-0.1, -0.05) is 12.1 Å². The highest BCUT2D eigenvalue weighted by atomic mass is 16.5. The molecule has 0 radical (unpaired) electrons. The molecule has 2 aromatic carbocycles. The summed E-state index contributed by atoms with van der Waals surface area (Å²) < 4.78 is 22.0. The lowest BCUT2D eigenvalue weighted by molar-refractivity contribution is 0.321. The second-order valence-corrected chi connectivity index (χ2v) is 7.21. The van der Waals surface area contributed by atoms with Gasteiger partial charge in [-0.15, -0.1) is 0 Å². The molecule has 2 heterocycles. The van der Waals surface area contributed by atoms with Crippen molar-refractivity contribution in [2.24, 2.45) is 0 Å². The predicted octanol–water partition coefficient (Wildman–Crippen LogP) is 2.69. The van der Waals surface area contributed by atoms with Gasteiger partial charge >= 0.3 is 0 Å². The molecular formula is C23H25N7O4. The second kappa shape index (κ2) is 10.0. The molecule has 0 saturated carbocycles. The summed E-state index contributed by atoms with van der Waals surface area (Å²) in [7, 11) is 4.68. The molecule has 4 aromatic rings. The minimum Gasteiger partial charge on any atom is -0.493 e. The number of anilines is 2. The van der Waals surface area contributed by atoms with Gasteiger partial charge in [-0.05, 0) is 17.7 Å². The summed E-state index contributed by atoms with van der Waals surface area (Å²) in [5.74, 6) is 3.07. The molecule has 0 unspecified atom stereocenters. The van der Waals surface area contributed by atoms with Crippen molar-refractivity contribution in [1.29, 1.82) is 0 Å². The average molecular weight is 463 g/mol. The topological polar surface area (TPSA) is 153 Å². The van der Waals surface area contributed by atoms with Crippen molar-refractivity contribution < 1.29 is 18.9 Å². The standard InChI is InChI=1S/C23H25N7O4/c1-31-17-8-16(9-18(32-2)20(17)33-3)34-15-6-4-13(5-7-15)10-26-11-14-12-27-22-19(28-14)21(24)29-23(25)30-22/h4-9,12,26H,10-11H2,1-3H3,(H4,24,25,27,29,30). The van der Waals surface area contributed by atoms with E-state index in [1.54, 1.807) is 39.7 Å². The number of hydrogen-bond acceptors (Lipinski definition) is 11. The van der Waals surface area contributed by atoms with Crippen LogP contribution in [0.3, 0.4) is 0 Å². The Morgan fingerprint density at radius 1 is 0.824 bits per heavy atom. The molecule has 0 amide bonds. The van der Waals surface area contributed by atoms with Crippen LogP contribution < -0.4 is 35.7 Å². The Morgan fingerprint density at radius 3 is 2.18 bits per heavy atom. The van der Waals surface area contributed by atoms with E-state index in [0.29, 0.717) is 53.0 Å². The number of fused-ring (bicyclic) bond motifs is 1. The van der Waals surface area contributed by atoms with E-state index in [1.165, 1.54) is 0 Å². The Morgan fingerprint density at radius 2 is 1.53 bits per heavy atom. The fourth-order valence-electron chi connectivity index (χ4n) is 3.33. The molecule has 5 N–H and O–H groups in total. The molecule has 34 heavy (non-hydrogen) atoms. The lowest BCUT2D eigenvalue weighted by Crippen LogP contribution is -2.14. The van der Waals surface area contributed by atoms with Crippen LogP contribution in [0.5, 0.6) is 28.7 Å². The number of nitrogens with two attached hydrogens (primary N) is 2. The summed E-state index contributed by atoms with van der Waals surface area (Å²) >= 11 is 0. The fraction of sp³-hybridized carbons (Fsp3) is 0.217. The van der Waals surface area contributed by atoms with Crippen LogP contribution in [0.25, 0.3) is 11.2 Å². The van der Waals surface area contributed by atoms with Crippen LogP contribution in [0.2, 0.25) is 0 Å². The molecule has 0 fully saturated rings. The van der Waals surface area contributed by atoms with Gasteiger partial charge in [0.1, 0.15) is 11.5 Å². The number of nitrogens with one attached hydrogen (secondary N) is 1. The Balaban J connectivity index is 1.38. The van der Waals surface area contributed by atoms with Crippen molar-refractivity contribution in [3.05, 3.63) is 53.9 Å². The summed E-state index contributed by atoms with van der Waals surface area (Å²) in [5.41, 5.74) is 14.1. The van der Waals surface area contributed by atoms with Crippen molar-refractivity contribution in [2.45, 2.75) is 13.1 Å². The van der Waals surface area contributed by atoms with Crippen molar-refractivity contribution in [1.82, 2.24) is 25.3 Å². The van der Waals surface area contributed by atoms with Crippen molar-refractivity contribution >= 4 is 22.9 Å². The van der Waals surface area contributed by atoms with Gasteiger partial charge in [-0.2, -0.15) is 9.97 Å². The minimum absolute atomic E-state index is 0.0721. The molecule has 4 rings (SSSR count). The SMILES string of the molecule is COc1cc(Oc2ccc(CNCc3cnc4nc(N)nc(N)c4n3)cc2)cc(OC)c1OC. The number of hydrogen-bond donors (Lipinski definition) is 3. The molecule has 0 aliphatic heterocycles. The molecular weight excluding hydrogens is 438 g/mol. The summed E-state index contributed by atoms with van der Waals surface area (Å²) in [5, 5.41) is 3.33. The maximum absolute atomic E-state index is 5.97. The zero-order valence-electron chi connectivity index (χ0n) is 19.0. The Hall–Kier alpha value is -4.38. The highest BCUT2D eigenvalue weighted by Crippen LogP contribution is 2.41. The molecule has 0 spiro atoms. The number of benzene rings is 2. The molecule has 11 heteroatoms. The van der Waals surface area contributed by atoms with Gasteiger partial charge in [0.2, 0.25) is 11.7 Å². The Labute approximate surface area is 196 Å². The van der Waals surface area contributed by atoms with Gasteiger partial charge in [0.15, 0.2) is 28.5 Å². The first-order chi connectivity index (χ1) is 16.5. The van der Waals surface area contributed by atoms with Crippen LogP contribution in [0.15, 0.2) is 42.6 Å². The van der Waals surface area contributed by atoms with Crippen LogP contribution in [-0.4, -0.2) is 41.3 Å². The first-order valence-corrected chi connectivity index (χ1v) is 10.3. The second-order valence-electron chi connectivity index (χ2n) is 7.21. The number of rotatable bonds is 9. The van der Waals surface area contributed by atoms with Gasteiger partial charge in [0.05, 0.1) is 33.2 Å². The summed E-state index contributed by atoms with van der Waals surface area (Å²) in [4.78, 5) is 16.7. The van der Waals surface area contributed by atoms with Gasteiger partial charge in [-0.3, -0.25) is 0 Å². The van der Waals surface area contributed by atoms with E-state index in [-0.39, 0.29) is 11.8 Å². The highest BCUT2D eigenvalue weighted by molar-refractivity contribution is 5.81. The van der Waals surface area contributed by atoms with E-state index in [2.05, 4.69) is 25.3 Å². The lowest BCUT2D eigenvalue weighted by atomic mass is 10.2. The number of methoxy groups -OCH3 is 3. The van der Waals surface area contributed by atoms with E-state index < -0.39 is 0 Å². The first-order valence-electron chi connectivity index (χ1n) is 10.3. The number of aromatic nitrogens is 4. The first kappa shape index (κ1) is 22.8. The molecule has 0 saturated heterocycles. The third-order valence-electron chi connectivity index (χ3n) is 4.93. The van der Waals surface area contributed by atoms with Gasteiger partial charge < -0.3 is 35.7 Å². The Bertz CT molecular complexity index is 1270. The largest absolute Gasteiger partial charge is 0.493 e. The summed E-state index contributed by atoms with van der Waals surface area (Å²) in [6, 6.07) is 11.2. The lowest BCUT2D eigenvalue weighted by Gasteiger charge is -2.14. The van der Waals surface area contributed by atoms with Crippen molar-refractivity contribution in [3.8, 4) is 28.7 Å². The zero-order valence-corrected chi connectivity index (χ0v) is 19.0. The van der Waals surface area contributed by atoms with E-state index in [1.807, 2.05) is 24.3 Å². The summed E-state index contributed by atoms with van der Waals surface area (Å²) in [6.45, 7) is 1.12. The molecule has 2 aromatic heterocycles. The van der Waals surface area contributed by atoms with Crippen LogP contribution in [-0.2, 0) is 13.1 Å². The number of ether oxygens (including phenoxy) is 4. The van der Waals surface area contributed by atoms with Crippen LogP contribution in [0.1, 0.15) is 11.3 Å².